The van der Waals surface area contributed by atoms with E-state index in [0.717, 1.165) is 51.9 Å². The molecule has 0 bridgehead atoms. The van der Waals surface area contributed by atoms with Gasteiger partial charge >= 0.3 is 0 Å². The molecule has 0 fully saturated rings. The Bertz CT molecular complexity index is 1320. The highest BCUT2D eigenvalue weighted by Crippen LogP contribution is 2.28. The highest BCUT2D eigenvalue weighted by atomic mass is 16.5. The van der Waals surface area contributed by atoms with Crippen LogP contribution in [0.15, 0.2) is 45.8 Å². The number of methoxy groups -OCH3 is 2. The van der Waals surface area contributed by atoms with Crippen molar-refractivity contribution in [1.82, 2.24) is 19.5 Å². The van der Waals surface area contributed by atoms with Crippen LogP contribution in [0.1, 0.15) is 22.6 Å². The fourth-order valence-corrected chi connectivity index (χ4v) is 4.21. The van der Waals surface area contributed by atoms with Crippen molar-refractivity contribution in [3.05, 3.63) is 69.5 Å². The summed E-state index contributed by atoms with van der Waals surface area (Å²) in [4.78, 5) is 20.2. The first-order chi connectivity index (χ1) is 15.1. The van der Waals surface area contributed by atoms with Gasteiger partial charge in [-0.1, -0.05) is 6.07 Å². The summed E-state index contributed by atoms with van der Waals surface area (Å²) in [7, 11) is 3.30. The standard InChI is InChI=1S/C23H24N4O4/c1-14-17(7-9-31-14)19-11-22-24-20-13-26(8-6-18(20)23(28)27(22)25-19)12-15-4-5-16(29-2)10-21(15)30-3/h4-5,7,9-11,25H,6,8,12-13H2,1-3H3. The van der Waals surface area contributed by atoms with Crippen LogP contribution < -0.4 is 15.0 Å². The van der Waals surface area contributed by atoms with Crippen molar-refractivity contribution >= 4 is 5.65 Å². The van der Waals surface area contributed by atoms with E-state index in [-0.39, 0.29) is 5.56 Å². The second-order valence-corrected chi connectivity index (χ2v) is 7.73. The second-order valence-electron chi connectivity index (χ2n) is 7.73. The van der Waals surface area contributed by atoms with Gasteiger partial charge in [-0.25, -0.2) is 9.50 Å². The topological polar surface area (TPSA) is 85.0 Å². The van der Waals surface area contributed by atoms with Crippen molar-refractivity contribution in [3.8, 4) is 22.8 Å². The zero-order chi connectivity index (χ0) is 21.5. The van der Waals surface area contributed by atoms with Crippen LogP contribution in [0, 0.1) is 6.92 Å². The number of aromatic amines is 1. The van der Waals surface area contributed by atoms with Crippen LogP contribution in [0.3, 0.4) is 0 Å². The van der Waals surface area contributed by atoms with E-state index >= 15 is 0 Å². The molecule has 0 radical (unpaired) electrons. The zero-order valence-corrected chi connectivity index (χ0v) is 17.8. The molecule has 31 heavy (non-hydrogen) atoms. The smallest absolute Gasteiger partial charge is 0.276 e. The SMILES string of the molecule is COc1ccc(CN2CCc3c(nc4cc(-c5ccoc5C)[nH]n4c3=O)C2)c(OC)c1. The van der Waals surface area contributed by atoms with E-state index in [1.807, 2.05) is 37.3 Å². The number of furan rings is 1. The third-order valence-corrected chi connectivity index (χ3v) is 5.88. The Labute approximate surface area is 179 Å². The van der Waals surface area contributed by atoms with Crippen molar-refractivity contribution in [3.63, 3.8) is 0 Å². The predicted octanol–water partition coefficient (Wildman–Crippen LogP) is 3.17. The maximum absolute atomic E-state index is 13.1. The largest absolute Gasteiger partial charge is 0.497 e. The molecule has 1 aliphatic heterocycles. The molecular weight excluding hydrogens is 396 g/mol. The van der Waals surface area contributed by atoms with E-state index in [1.165, 1.54) is 4.52 Å². The summed E-state index contributed by atoms with van der Waals surface area (Å²) < 4.78 is 17.8. The summed E-state index contributed by atoms with van der Waals surface area (Å²) in [6.07, 6.45) is 2.30. The van der Waals surface area contributed by atoms with Gasteiger partial charge in [0.15, 0.2) is 5.65 Å². The summed E-state index contributed by atoms with van der Waals surface area (Å²) in [6, 6.07) is 9.62. The van der Waals surface area contributed by atoms with Crippen molar-refractivity contribution in [2.45, 2.75) is 26.4 Å². The number of ether oxygens (including phenoxy) is 2. The predicted molar refractivity (Wildman–Crippen MR) is 116 cm³/mol. The van der Waals surface area contributed by atoms with Gasteiger partial charge in [-0.15, -0.1) is 0 Å². The molecule has 3 aromatic heterocycles. The monoisotopic (exact) mass is 420 g/mol. The van der Waals surface area contributed by atoms with E-state index in [0.29, 0.717) is 25.2 Å². The summed E-state index contributed by atoms with van der Waals surface area (Å²) in [5.41, 5.74) is 5.00. The first-order valence-corrected chi connectivity index (χ1v) is 10.2. The Kier molecular flexibility index (Phi) is 4.78. The van der Waals surface area contributed by atoms with Gasteiger partial charge in [-0.2, -0.15) is 0 Å². The molecule has 1 aromatic carbocycles. The van der Waals surface area contributed by atoms with Crippen molar-refractivity contribution in [2.75, 3.05) is 20.8 Å². The van der Waals surface area contributed by atoms with Crippen LogP contribution in [0.2, 0.25) is 0 Å². The van der Waals surface area contributed by atoms with Gasteiger partial charge in [0.1, 0.15) is 17.3 Å². The van der Waals surface area contributed by atoms with E-state index in [9.17, 15) is 4.79 Å². The summed E-state index contributed by atoms with van der Waals surface area (Å²) in [5.74, 6) is 2.35. The van der Waals surface area contributed by atoms with Gasteiger partial charge in [0.05, 0.1) is 31.9 Å². The molecule has 8 nitrogen and oxygen atoms in total. The van der Waals surface area contributed by atoms with Crippen LogP contribution in [-0.4, -0.2) is 40.3 Å². The summed E-state index contributed by atoms with van der Waals surface area (Å²) in [5, 5.41) is 3.17. The maximum atomic E-state index is 13.1. The average molecular weight is 420 g/mol. The third-order valence-electron chi connectivity index (χ3n) is 5.88. The van der Waals surface area contributed by atoms with Gasteiger partial charge in [0.2, 0.25) is 0 Å². The number of aryl methyl sites for hydroxylation is 1. The normalized spacial score (nSPS) is 14.0. The molecule has 160 valence electrons. The van der Waals surface area contributed by atoms with Crippen molar-refractivity contribution < 1.29 is 13.9 Å². The van der Waals surface area contributed by atoms with Crippen molar-refractivity contribution in [2.24, 2.45) is 0 Å². The van der Waals surface area contributed by atoms with Crippen LogP contribution in [0.25, 0.3) is 16.9 Å². The summed E-state index contributed by atoms with van der Waals surface area (Å²) in [6.45, 7) is 3.99. The Balaban J connectivity index is 1.45. The number of benzene rings is 1. The fourth-order valence-electron chi connectivity index (χ4n) is 4.21. The van der Waals surface area contributed by atoms with Gasteiger partial charge in [0, 0.05) is 48.5 Å². The molecule has 0 atom stereocenters. The molecule has 0 unspecified atom stereocenters. The average Bonchev–Trinajstić information content (AvgIpc) is 3.40. The minimum Gasteiger partial charge on any atom is -0.497 e. The molecule has 8 heteroatoms. The van der Waals surface area contributed by atoms with Crippen LogP contribution in [0.5, 0.6) is 11.5 Å². The van der Waals surface area contributed by atoms with Gasteiger partial charge in [-0.05, 0) is 25.5 Å². The number of nitrogens with zero attached hydrogens (tertiary/aromatic N) is 3. The Morgan fingerprint density at radius 1 is 1.19 bits per heavy atom. The molecule has 4 heterocycles. The lowest BCUT2D eigenvalue weighted by Gasteiger charge is -2.28. The second kappa shape index (κ2) is 7.63. The third kappa shape index (κ3) is 3.38. The lowest BCUT2D eigenvalue weighted by Crippen LogP contribution is -2.36. The van der Waals surface area contributed by atoms with E-state index < -0.39 is 0 Å². The minimum atomic E-state index is -0.0333. The zero-order valence-electron chi connectivity index (χ0n) is 17.8. The van der Waals surface area contributed by atoms with Crippen LogP contribution in [-0.2, 0) is 19.5 Å². The first kappa shape index (κ1) is 19.4. The molecule has 0 spiro atoms. The Morgan fingerprint density at radius 2 is 2.06 bits per heavy atom. The van der Waals surface area contributed by atoms with Gasteiger partial charge < -0.3 is 13.9 Å². The summed E-state index contributed by atoms with van der Waals surface area (Å²) >= 11 is 0. The lowest BCUT2D eigenvalue weighted by atomic mass is 10.1. The minimum absolute atomic E-state index is 0.0333. The first-order valence-electron chi connectivity index (χ1n) is 10.2. The van der Waals surface area contributed by atoms with Crippen LogP contribution in [0.4, 0.5) is 0 Å². The molecule has 0 saturated heterocycles. The van der Waals surface area contributed by atoms with Crippen molar-refractivity contribution in [1.29, 1.82) is 0 Å². The molecule has 0 saturated carbocycles. The van der Waals surface area contributed by atoms with Gasteiger partial charge in [-0.3, -0.25) is 14.8 Å². The maximum Gasteiger partial charge on any atom is 0.276 e. The molecule has 1 aliphatic rings. The number of aromatic nitrogens is 3. The highest BCUT2D eigenvalue weighted by Gasteiger charge is 2.23. The van der Waals surface area contributed by atoms with E-state index in [1.54, 1.807) is 20.5 Å². The molecular formula is C23H24N4O4. The number of H-pyrrole nitrogens is 1. The number of hydrogen-bond acceptors (Lipinski definition) is 6. The van der Waals surface area contributed by atoms with Crippen LogP contribution >= 0.6 is 0 Å². The highest BCUT2D eigenvalue weighted by molar-refractivity contribution is 5.65. The van der Waals surface area contributed by atoms with E-state index in [2.05, 4.69) is 10.00 Å². The van der Waals surface area contributed by atoms with Gasteiger partial charge in [0.25, 0.3) is 5.56 Å². The lowest BCUT2D eigenvalue weighted by molar-refractivity contribution is 0.237. The Hall–Kier alpha value is -3.52. The number of rotatable bonds is 5. The molecule has 0 aliphatic carbocycles. The molecule has 5 rings (SSSR count). The van der Waals surface area contributed by atoms with E-state index in [4.69, 9.17) is 18.9 Å². The quantitative estimate of drug-likeness (QED) is 0.534. The number of fused-ring (bicyclic) bond motifs is 2. The molecule has 0 amide bonds. The molecule has 4 aromatic rings. The molecule has 1 N–H and O–H groups in total. The Morgan fingerprint density at radius 3 is 2.81 bits per heavy atom. The fraction of sp³-hybridized carbons (Fsp3) is 0.304. The number of nitrogens with one attached hydrogen (secondary N) is 1. The number of hydrogen-bond donors (Lipinski definition) is 1.